The summed E-state index contributed by atoms with van der Waals surface area (Å²) < 4.78 is 27.3. The molecule has 0 aliphatic carbocycles. The third-order valence-electron chi connectivity index (χ3n) is 4.29. The molecule has 0 saturated carbocycles. The molecule has 1 unspecified atom stereocenters. The Labute approximate surface area is 190 Å². The molecule has 29 heavy (non-hydrogen) atoms. The SMILES string of the molecule is CN=C(NCCCOc1cc(OC)cc(OC)c1)NCCCOC1CCOC1.I. The highest BCUT2D eigenvalue weighted by molar-refractivity contribution is 14.0. The Morgan fingerprint density at radius 3 is 2.21 bits per heavy atom. The van der Waals surface area contributed by atoms with Gasteiger partial charge in [0.1, 0.15) is 17.2 Å². The van der Waals surface area contributed by atoms with Gasteiger partial charge in [0.25, 0.3) is 0 Å². The van der Waals surface area contributed by atoms with E-state index < -0.39 is 0 Å². The highest BCUT2D eigenvalue weighted by Gasteiger charge is 2.15. The second kappa shape index (κ2) is 15.4. The average molecular weight is 523 g/mol. The van der Waals surface area contributed by atoms with Crippen molar-refractivity contribution in [2.45, 2.75) is 25.4 Å². The first-order chi connectivity index (χ1) is 13.7. The summed E-state index contributed by atoms with van der Waals surface area (Å²) in [5.74, 6) is 2.93. The molecule has 1 atom stereocenters. The quantitative estimate of drug-likeness (QED) is 0.189. The fraction of sp³-hybridized carbons (Fsp3) is 0.650. The van der Waals surface area contributed by atoms with E-state index in [2.05, 4.69) is 15.6 Å². The van der Waals surface area contributed by atoms with Crippen LogP contribution >= 0.6 is 24.0 Å². The molecule has 0 radical (unpaired) electrons. The first-order valence-corrected chi connectivity index (χ1v) is 9.75. The molecule has 0 amide bonds. The van der Waals surface area contributed by atoms with E-state index in [1.807, 2.05) is 18.2 Å². The standard InChI is InChI=1S/C20H33N3O5.HI/c1-21-20(22-7-4-9-27-16-6-11-26-15-16)23-8-5-10-28-19-13-17(24-2)12-18(14-19)25-3;/h12-14,16H,4-11,15H2,1-3H3,(H2,21,22,23);1H. The van der Waals surface area contributed by atoms with Crippen molar-refractivity contribution in [2.75, 3.05) is 60.8 Å². The molecular formula is C20H34IN3O5. The van der Waals surface area contributed by atoms with E-state index in [1.165, 1.54) is 0 Å². The molecular weight excluding hydrogens is 489 g/mol. The Morgan fingerprint density at radius 1 is 1.03 bits per heavy atom. The van der Waals surface area contributed by atoms with Crippen LogP contribution in [-0.2, 0) is 9.47 Å². The molecule has 2 rings (SSSR count). The monoisotopic (exact) mass is 523 g/mol. The summed E-state index contributed by atoms with van der Waals surface area (Å²) >= 11 is 0. The number of rotatable bonds is 12. The molecule has 0 bridgehead atoms. The predicted octanol–water partition coefficient (Wildman–Crippen LogP) is 2.45. The van der Waals surface area contributed by atoms with Gasteiger partial charge in [0.2, 0.25) is 0 Å². The van der Waals surface area contributed by atoms with E-state index in [0.29, 0.717) is 18.1 Å². The van der Waals surface area contributed by atoms with Crippen molar-refractivity contribution in [1.82, 2.24) is 10.6 Å². The number of ether oxygens (including phenoxy) is 5. The molecule has 1 aromatic rings. The summed E-state index contributed by atoms with van der Waals surface area (Å²) in [5.41, 5.74) is 0. The third-order valence-corrected chi connectivity index (χ3v) is 4.29. The maximum Gasteiger partial charge on any atom is 0.190 e. The molecule has 1 aromatic carbocycles. The van der Waals surface area contributed by atoms with Crippen molar-refractivity contribution in [1.29, 1.82) is 0 Å². The largest absolute Gasteiger partial charge is 0.496 e. The number of nitrogens with zero attached hydrogens (tertiary/aromatic N) is 1. The fourth-order valence-electron chi connectivity index (χ4n) is 2.73. The molecule has 1 aliphatic heterocycles. The second-order valence-electron chi connectivity index (χ2n) is 6.39. The lowest BCUT2D eigenvalue weighted by Crippen LogP contribution is -2.38. The minimum atomic E-state index is 0. The second-order valence-corrected chi connectivity index (χ2v) is 6.39. The third kappa shape index (κ3) is 10.2. The minimum absolute atomic E-state index is 0. The van der Waals surface area contributed by atoms with E-state index in [9.17, 15) is 0 Å². The van der Waals surface area contributed by atoms with Gasteiger partial charge in [-0.3, -0.25) is 4.99 Å². The van der Waals surface area contributed by atoms with Gasteiger partial charge in [-0.1, -0.05) is 0 Å². The van der Waals surface area contributed by atoms with Crippen LogP contribution in [0, 0.1) is 0 Å². The maximum atomic E-state index is 5.78. The zero-order chi connectivity index (χ0) is 20.0. The first-order valence-electron chi connectivity index (χ1n) is 9.75. The Balaban J connectivity index is 0.00000420. The van der Waals surface area contributed by atoms with Crippen LogP contribution in [0.4, 0.5) is 0 Å². The van der Waals surface area contributed by atoms with Crippen LogP contribution in [0.25, 0.3) is 0 Å². The summed E-state index contributed by atoms with van der Waals surface area (Å²) in [5, 5.41) is 6.57. The lowest BCUT2D eigenvalue weighted by atomic mass is 10.3. The van der Waals surface area contributed by atoms with Crippen molar-refractivity contribution in [3.8, 4) is 17.2 Å². The van der Waals surface area contributed by atoms with Crippen LogP contribution < -0.4 is 24.8 Å². The van der Waals surface area contributed by atoms with Crippen LogP contribution in [0.1, 0.15) is 19.3 Å². The Morgan fingerprint density at radius 2 is 1.66 bits per heavy atom. The van der Waals surface area contributed by atoms with Crippen molar-refractivity contribution in [3.05, 3.63) is 18.2 Å². The highest BCUT2D eigenvalue weighted by atomic mass is 127. The van der Waals surface area contributed by atoms with Crippen molar-refractivity contribution in [2.24, 2.45) is 4.99 Å². The Kier molecular flexibility index (Phi) is 13.6. The van der Waals surface area contributed by atoms with Gasteiger partial charge < -0.3 is 34.3 Å². The Hall–Kier alpha value is -1.46. The molecule has 1 saturated heterocycles. The molecule has 1 heterocycles. The van der Waals surface area contributed by atoms with Crippen molar-refractivity contribution < 1.29 is 23.7 Å². The molecule has 166 valence electrons. The summed E-state index contributed by atoms with van der Waals surface area (Å²) in [6, 6.07) is 5.50. The van der Waals surface area contributed by atoms with Gasteiger partial charge in [-0.15, -0.1) is 24.0 Å². The number of hydrogen-bond acceptors (Lipinski definition) is 6. The molecule has 0 aromatic heterocycles. The predicted molar refractivity (Wildman–Crippen MR) is 124 cm³/mol. The molecule has 1 aliphatic rings. The topological polar surface area (TPSA) is 82.6 Å². The zero-order valence-electron chi connectivity index (χ0n) is 17.6. The van der Waals surface area contributed by atoms with Crippen molar-refractivity contribution in [3.63, 3.8) is 0 Å². The molecule has 1 fully saturated rings. The zero-order valence-corrected chi connectivity index (χ0v) is 19.9. The van der Waals surface area contributed by atoms with Crippen molar-refractivity contribution >= 4 is 29.9 Å². The number of guanidine groups is 1. The number of halogens is 1. The number of aliphatic imine (C=N–C) groups is 1. The van der Waals surface area contributed by atoms with Crippen LogP contribution in [0.3, 0.4) is 0 Å². The van der Waals surface area contributed by atoms with Crippen LogP contribution in [0.15, 0.2) is 23.2 Å². The van der Waals surface area contributed by atoms with Gasteiger partial charge in [0.15, 0.2) is 5.96 Å². The van der Waals surface area contributed by atoms with Crippen LogP contribution in [0.5, 0.6) is 17.2 Å². The average Bonchev–Trinajstić information content (AvgIpc) is 3.25. The lowest BCUT2D eigenvalue weighted by molar-refractivity contribution is 0.0420. The van der Waals surface area contributed by atoms with Crippen LogP contribution in [0.2, 0.25) is 0 Å². The molecule has 0 spiro atoms. The molecule has 2 N–H and O–H groups in total. The summed E-state index contributed by atoms with van der Waals surface area (Å²) in [6.45, 7) is 4.42. The normalized spacial score (nSPS) is 16.1. The van der Waals surface area contributed by atoms with Gasteiger partial charge in [0.05, 0.1) is 33.5 Å². The van der Waals surface area contributed by atoms with Gasteiger partial charge in [-0.2, -0.15) is 0 Å². The van der Waals surface area contributed by atoms with Gasteiger partial charge in [0, 0.05) is 51.6 Å². The van der Waals surface area contributed by atoms with Crippen LogP contribution in [-0.4, -0.2) is 72.8 Å². The van der Waals surface area contributed by atoms with Gasteiger partial charge in [-0.05, 0) is 19.3 Å². The number of hydrogen-bond donors (Lipinski definition) is 2. The Bertz CT molecular complexity index is 575. The van der Waals surface area contributed by atoms with E-state index in [1.54, 1.807) is 21.3 Å². The molecule has 8 nitrogen and oxygen atoms in total. The van der Waals surface area contributed by atoms with E-state index in [-0.39, 0.29) is 30.1 Å². The lowest BCUT2D eigenvalue weighted by Gasteiger charge is -2.14. The maximum absolute atomic E-state index is 5.78. The van der Waals surface area contributed by atoms with E-state index in [4.69, 9.17) is 23.7 Å². The highest BCUT2D eigenvalue weighted by Crippen LogP contribution is 2.27. The smallest absolute Gasteiger partial charge is 0.190 e. The molecule has 9 heteroatoms. The van der Waals surface area contributed by atoms with Gasteiger partial charge in [-0.25, -0.2) is 0 Å². The number of nitrogens with one attached hydrogen (secondary N) is 2. The summed E-state index contributed by atoms with van der Waals surface area (Å²) in [7, 11) is 5.01. The van der Waals surface area contributed by atoms with E-state index >= 15 is 0 Å². The minimum Gasteiger partial charge on any atom is -0.496 e. The summed E-state index contributed by atoms with van der Waals surface area (Å²) in [6.07, 6.45) is 3.03. The summed E-state index contributed by atoms with van der Waals surface area (Å²) in [4.78, 5) is 4.22. The number of methoxy groups -OCH3 is 2. The first kappa shape index (κ1) is 25.6. The fourth-order valence-corrected chi connectivity index (χ4v) is 2.73. The van der Waals surface area contributed by atoms with E-state index in [0.717, 1.165) is 63.9 Å². The van der Waals surface area contributed by atoms with Gasteiger partial charge >= 0.3 is 0 Å². The number of benzene rings is 1.